The summed E-state index contributed by atoms with van der Waals surface area (Å²) < 4.78 is 5.56. The summed E-state index contributed by atoms with van der Waals surface area (Å²) in [6.45, 7) is 4.96. The van der Waals surface area contributed by atoms with Crippen LogP contribution in [0.1, 0.15) is 19.4 Å². The van der Waals surface area contributed by atoms with Crippen molar-refractivity contribution in [1.29, 1.82) is 0 Å². The number of para-hydroxylation sites is 1. The minimum atomic E-state index is -0.561. The van der Waals surface area contributed by atoms with E-state index in [1.807, 2.05) is 48.5 Å². The van der Waals surface area contributed by atoms with Gasteiger partial charge in [0.05, 0.1) is 0 Å². The van der Waals surface area contributed by atoms with Crippen LogP contribution in [0.25, 0.3) is 0 Å². The van der Waals surface area contributed by atoms with E-state index in [-0.39, 0.29) is 12.1 Å². The zero-order valence-electron chi connectivity index (χ0n) is 13.6. The molecule has 2 aromatic rings. The summed E-state index contributed by atoms with van der Waals surface area (Å²) >= 11 is 6.02. The average Bonchev–Trinajstić information content (AvgIpc) is 2.52. The van der Waals surface area contributed by atoms with Crippen molar-refractivity contribution in [2.24, 2.45) is 0 Å². The topological polar surface area (TPSA) is 41.5 Å². The molecule has 2 aromatic carbocycles. The monoisotopic (exact) mass is 333 g/mol. The number of β-amino-alcohol motifs (C(OH)–C–C–N with tert-alkyl or cyclic N) is 1. The zero-order chi connectivity index (χ0) is 16.7. The summed E-state index contributed by atoms with van der Waals surface area (Å²) in [4.78, 5) is 0. The second kappa shape index (κ2) is 8.34. The molecule has 4 heteroatoms. The molecule has 124 valence electrons. The zero-order valence-corrected chi connectivity index (χ0v) is 14.4. The van der Waals surface area contributed by atoms with E-state index in [2.05, 4.69) is 25.2 Å². The largest absolute Gasteiger partial charge is 0.491 e. The van der Waals surface area contributed by atoms with Crippen molar-refractivity contribution in [2.45, 2.75) is 31.9 Å². The number of halogens is 1. The molecule has 0 spiro atoms. The Morgan fingerprint density at radius 1 is 1.13 bits per heavy atom. The molecule has 1 atom stereocenters. The summed E-state index contributed by atoms with van der Waals surface area (Å²) in [6, 6.07) is 17.4. The molecule has 2 N–H and O–H groups in total. The van der Waals surface area contributed by atoms with Gasteiger partial charge in [0, 0.05) is 17.1 Å². The smallest absolute Gasteiger partial charge is 0.119 e. The first kappa shape index (κ1) is 17.8. The molecule has 23 heavy (non-hydrogen) atoms. The second-order valence-electron chi connectivity index (χ2n) is 6.35. The standard InChI is InChI=1S/C19H24ClNO2/c1-19(2,12-15-7-6-8-16(20)11-15)21-13-17(22)14-23-18-9-4-3-5-10-18/h3-11,17,21-22H,12-14H2,1-2H3. The Hall–Kier alpha value is -1.55. The fourth-order valence-corrected chi connectivity index (χ4v) is 2.59. The van der Waals surface area contributed by atoms with Gasteiger partial charge in [-0.2, -0.15) is 0 Å². The Morgan fingerprint density at radius 2 is 1.87 bits per heavy atom. The first-order valence-corrected chi connectivity index (χ1v) is 8.18. The van der Waals surface area contributed by atoms with Gasteiger partial charge in [0.2, 0.25) is 0 Å². The molecule has 0 bridgehead atoms. The third-order valence-electron chi connectivity index (χ3n) is 3.54. The molecule has 0 aliphatic rings. The van der Waals surface area contributed by atoms with Gasteiger partial charge < -0.3 is 15.2 Å². The van der Waals surface area contributed by atoms with Gasteiger partial charge in [-0.15, -0.1) is 0 Å². The van der Waals surface area contributed by atoms with Crippen LogP contribution in [0.15, 0.2) is 54.6 Å². The number of aliphatic hydroxyl groups excluding tert-OH is 1. The molecule has 0 heterocycles. The van der Waals surface area contributed by atoms with Crippen molar-refractivity contribution in [3.63, 3.8) is 0 Å². The van der Waals surface area contributed by atoms with Crippen molar-refractivity contribution < 1.29 is 9.84 Å². The van der Waals surface area contributed by atoms with Gasteiger partial charge in [0.1, 0.15) is 18.5 Å². The number of nitrogens with one attached hydrogen (secondary N) is 1. The molecule has 0 fully saturated rings. The lowest BCUT2D eigenvalue weighted by Crippen LogP contribution is -2.46. The normalized spacial score (nSPS) is 12.9. The Labute approximate surface area is 143 Å². The highest BCUT2D eigenvalue weighted by atomic mass is 35.5. The molecular weight excluding hydrogens is 310 g/mol. The van der Waals surface area contributed by atoms with Gasteiger partial charge in [0.25, 0.3) is 0 Å². The molecule has 2 rings (SSSR count). The van der Waals surface area contributed by atoms with Crippen LogP contribution in [0.5, 0.6) is 5.75 Å². The van der Waals surface area contributed by atoms with Crippen molar-refractivity contribution >= 4 is 11.6 Å². The molecule has 0 aliphatic heterocycles. The lowest BCUT2D eigenvalue weighted by Gasteiger charge is -2.28. The lowest BCUT2D eigenvalue weighted by molar-refractivity contribution is 0.0988. The number of ether oxygens (including phenoxy) is 1. The predicted molar refractivity (Wildman–Crippen MR) is 95.2 cm³/mol. The Morgan fingerprint density at radius 3 is 2.57 bits per heavy atom. The quantitative estimate of drug-likeness (QED) is 0.774. The number of hydrogen-bond donors (Lipinski definition) is 2. The summed E-state index contributed by atoms with van der Waals surface area (Å²) in [5.41, 5.74) is 1.03. The molecule has 0 saturated heterocycles. The highest BCUT2D eigenvalue weighted by Gasteiger charge is 2.19. The van der Waals surface area contributed by atoms with Crippen LogP contribution in [0.4, 0.5) is 0 Å². The highest BCUT2D eigenvalue weighted by molar-refractivity contribution is 6.30. The van der Waals surface area contributed by atoms with E-state index in [1.165, 1.54) is 5.56 Å². The van der Waals surface area contributed by atoms with Crippen molar-refractivity contribution in [2.75, 3.05) is 13.2 Å². The number of hydrogen-bond acceptors (Lipinski definition) is 3. The maximum atomic E-state index is 10.1. The van der Waals surface area contributed by atoms with Crippen LogP contribution in [0.3, 0.4) is 0 Å². The first-order chi connectivity index (χ1) is 10.9. The van der Waals surface area contributed by atoms with Crippen LogP contribution in [-0.2, 0) is 6.42 Å². The average molecular weight is 334 g/mol. The molecular formula is C19H24ClNO2. The predicted octanol–water partition coefficient (Wildman–Crippen LogP) is 3.69. The minimum Gasteiger partial charge on any atom is -0.491 e. The summed E-state index contributed by atoms with van der Waals surface area (Å²) in [5, 5.41) is 14.2. The summed E-state index contributed by atoms with van der Waals surface area (Å²) in [5.74, 6) is 0.768. The van der Waals surface area contributed by atoms with Gasteiger partial charge in [-0.1, -0.05) is 41.9 Å². The van der Waals surface area contributed by atoms with Gasteiger partial charge >= 0.3 is 0 Å². The van der Waals surface area contributed by atoms with Crippen LogP contribution >= 0.6 is 11.6 Å². The van der Waals surface area contributed by atoms with Crippen LogP contribution in [0.2, 0.25) is 5.02 Å². The summed E-state index contributed by atoms with van der Waals surface area (Å²) in [6.07, 6.45) is 0.272. The van der Waals surface area contributed by atoms with Gasteiger partial charge in [0.15, 0.2) is 0 Å². The first-order valence-electron chi connectivity index (χ1n) is 7.80. The van der Waals surface area contributed by atoms with E-state index in [0.29, 0.717) is 6.54 Å². The van der Waals surface area contributed by atoms with Gasteiger partial charge in [-0.05, 0) is 50.1 Å². The number of benzene rings is 2. The SMILES string of the molecule is CC(C)(Cc1cccc(Cl)c1)NCC(O)COc1ccccc1. The van der Waals surface area contributed by atoms with Crippen LogP contribution < -0.4 is 10.1 Å². The number of aliphatic hydroxyl groups is 1. The molecule has 0 amide bonds. The Kier molecular flexibility index (Phi) is 6.46. The summed E-state index contributed by atoms with van der Waals surface area (Å²) in [7, 11) is 0. The Bertz CT molecular complexity index is 601. The molecule has 0 aliphatic carbocycles. The lowest BCUT2D eigenvalue weighted by atomic mass is 9.95. The van der Waals surface area contributed by atoms with Crippen molar-refractivity contribution in [1.82, 2.24) is 5.32 Å². The number of rotatable bonds is 8. The van der Waals surface area contributed by atoms with Gasteiger partial charge in [-0.3, -0.25) is 0 Å². The maximum absolute atomic E-state index is 10.1. The van der Waals surface area contributed by atoms with Crippen molar-refractivity contribution in [3.8, 4) is 5.75 Å². The highest BCUT2D eigenvalue weighted by Crippen LogP contribution is 2.17. The Balaban J connectivity index is 1.76. The molecule has 0 radical (unpaired) electrons. The van der Waals surface area contributed by atoms with Gasteiger partial charge in [-0.25, -0.2) is 0 Å². The minimum absolute atomic E-state index is 0.140. The van der Waals surface area contributed by atoms with E-state index < -0.39 is 6.10 Å². The maximum Gasteiger partial charge on any atom is 0.119 e. The van der Waals surface area contributed by atoms with E-state index in [1.54, 1.807) is 0 Å². The third-order valence-corrected chi connectivity index (χ3v) is 3.77. The van der Waals surface area contributed by atoms with Crippen LogP contribution in [-0.4, -0.2) is 29.9 Å². The van der Waals surface area contributed by atoms with E-state index in [9.17, 15) is 5.11 Å². The molecule has 1 unspecified atom stereocenters. The fraction of sp³-hybridized carbons (Fsp3) is 0.368. The second-order valence-corrected chi connectivity index (χ2v) is 6.79. The van der Waals surface area contributed by atoms with E-state index >= 15 is 0 Å². The van der Waals surface area contributed by atoms with E-state index in [4.69, 9.17) is 16.3 Å². The van der Waals surface area contributed by atoms with Crippen molar-refractivity contribution in [3.05, 3.63) is 65.2 Å². The molecule has 3 nitrogen and oxygen atoms in total. The van der Waals surface area contributed by atoms with E-state index in [0.717, 1.165) is 17.2 Å². The molecule has 0 aromatic heterocycles. The third kappa shape index (κ3) is 6.61. The fourth-order valence-electron chi connectivity index (χ4n) is 2.38. The molecule has 0 saturated carbocycles. The van der Waals surface area contributed by atoms with Crippen LogP contribution in [0, 0.1) is 0 Å².